The number of hydrogen-bond acceptors (Lipinski definition) is 1. The normalized spacial score (nSPS) is 11.2. The van der Waals surface area contributed by atoms with Crippen molar-refractivity contribution < 1.29 is 0 Å². The van der Waals surface area contributed by atoms with Gasteiger partial charge in [-0.1, -0.05) is 231 Å². The van der Waals surface area contributed by atoms with Gasteiger partial charge in [0.05, 0.1) is 5.69 Å². The average Bonchev–Trinajstić information content (AvgIpc) is 3.37. The zero-order chi connectivity index (χ0) is 42.0. The smallest absolute Gasteiger partial charge is 0.0546 e. The summed E-state index contributed by atoms with van der Waals surface area (Å²) in [6.07, 6.45) is 0. The second-order valence-corrected chi connectivity index (χ2v) is 16.0. The van der Waals surface area contributed by atoms with Crippen LogP contribution in [0.4, 0.5) is 17.1 Å². The van der Waals surface area contributed by atoms with Gasteiger partial charge in [0, 0.05) is 16.8 Å². The number of anilines is 3. The van der Waals surface area contributed by atoms with Crippen molar-refractivity contribution in [2.45, 2.75) is 0 Å². The molecular formula is C62H43N. The van der Waals surface area contributed by atoms with Crippen LogP contribution < -0.4 is 4.90 Å². The van der Waals surface area contributed by atoms with E-state index in [0.717, 1.165) is 22.6 Å². The van der Waals surface area contributed by atoms with Gasteiger partial charge in [-0.15, -0.1) is 0 Å². The molecular weight excluding hydrogens is 759 g/mol. The van der Waals surface area contributed by atoms with Crippen molar-refractivity contribution in [3.05, 3.63) is 261 Å². The number of hydrogen-bond donors (Lipinski definition) is 0. The fourth-order valence-electron chi connectivity index (χ4n) is 9.43. The summed E-state index contributed by atoms with van der Waals surface area (Å²) in [6, 6.07) is 94.6. The third kappa shape index (κ3) is 7.06. The van der Waals surface area contributed by atoms with Crippen molar-refractivity contribution in [1.82, 2.24) is 0 Å². The Balaban J connectivity index is 1.15. The first-order chi connectivity index (χ1) is 31.3. The molecule has 1 heteroatoms. The van der Waals surface area contributed by atoms with Crippen LogP contribution in [0.1, 0.15) is 0 Å². The van der Waals surface area contributed by atoms with E-state index < -0.39 is 0 Å². The molecule has 0 unspecified atom stereocenters. The van der Waals surface area contributed by atoms with Gasteiger partial charge < -0.3 is 4.90 Å². The summed E-state index contributed by atoms with van der Waals surface area (Å²) in [6.45, 7) is 0. The maximum atomic E-state index is 2.45. The number of rotatable bonds is 9. The fourth-order valence-corrected chi connectivity index (χ4v) is 9.43. The Kier molecular flexibility index (Phi) is 9.97. The van der Waals surface area contributed by atoms with E-state index in [-0.39, 0.29) is 0 Å². The summed E-state index contributed by atoms with van der Waals surface area (Å²) < 4.78 is 0. The first kappa shape index (κ1) is 37.7. The molecule has 1 nitrogen and oxygen atoms in total. The van der Waals surface area contributed by atoms with Gasteiger partial charge in [0.1, 0.15) is 0 Å². The van der Waals surface area contributed by atoms with Crippen molar-refractivity contribution >= 4 is 38.6 Å². The summed E-state index contributed by atoms with van der Waals surface area (Å²) in [5.41, 5.74) is 17.8. The largest absolute Gasteiger partial charge is 0.310 e. The van der Waals surface area contributed by atoms with E-state index in [2.05, 4.69) is 266 Å². The second-order valence-electron chi connectivity index (χ2n) is 16.0. The number of benzene rings is 11. The molecule has 0 fully saturated rings. The molecule has 0 aliphatic heterocycles. The van der Waals surface area contributed by atoms with Gasteiger partial charge in [-0.3, -0.25) is 0 Å². The maximum absolute atomic E-state index is 2.45. The number of nitrogens with zero attached hydrogens (tertiary/aromatic N) is 1. The van der Waals surface area contributed by atoms with Gasteiger partial charge in [0.25, 0.3) is 0 Å². The van der Waals surface area contributed by atoms with Crippen molar-refractivity contribution in [3.8, 4) is 66.8 Å². The lowest BCUT2D eigenvalue weighted by atomic mass is 9.84. The molecule has 296 valence electrons. The van der Waals surface area contributed by atoms with E-state index in [1.165, 1.54) is 82.7 Å². The van der Waals surface area contributed by atoms with Crippen LogP contribution in [-0.4, -0.2) is 0 Å². The van der Waals surface area contributed by atoms with E-state index in [1.54, 1.807) is 0 Å². The molecule has 11 aromatic carbocycles. The van der Waals surface area contributed by atoms with E-state index in [1.807, 2.05) is 0 Å². The summed E-state index contributed by atoms with van der Waals surface area (Å²) in [4.78, 5) is 2.45. The molecule has 0 aromatic heterocycles. The van der Waals surface area contributed by atoms with Gasteiger partial charge in [-0.2, -0.15) is 0 Å². The first-order valence-electron chi connectivity index (χ1n) is 21.7. The third-order valence-electron chi connectivity index (χ3n) is 12.3. The van der Waals surface area contributed by atoms with Crippen molar-refractivity contribution in [1.29, 1.82) is 0 Å². The molecule has 0 radical (unpaired) electrons. The molecule has 0 saturated carbocycles. The van der Waals surface area contributed by atoms with Crippen molar-refractivity contribution in [2.75, 3.05) is 4.90 Å². The van der Waals surface area contributed by atoms with Crippen LogP contribution in [0.2, 0.25) is 0 Å². The molecule has 0 spiro atoms. The summed E-state index contributed by atoms with van der Waals surface area (Å²) in [5.74, 6) is 0. The van der Waals surface area contributed by atoms with E-state index in [9.17, 15) is 0 Å². The highest BCUT2D eigenvalue weighted by molar-refractivity contribution is 6.25. The predicted molar refractivity (Wildman–Crippen MR) is 269 cm³/mol. The molecule has 0 saturated heterocycles. The second kappa shape index (κ2) is 16.7. The summed E-state index contributed by atoms with van der Waals surface area (Å²) >= 11 is 0. The highest BCUT2D eigenvalue weighted by atomic mass is 15.1. The van der Waals surface area contributed by atoms with Crippen LogP contribution in [0.3, 0.4) is 0 Å². The Morgan fingerprint density at radius 3 is 1.08 bits per heavy atom. The zero-order valence-electron chi connectivity index (χ0n) is 34.8. The zero-order valence-corrected chi connectivity index (χ0v) is 34.8. The molecule has 0 atom stereocenters. The van der Waals surface area contributed by atoms with E-state index in [0.29, 0.717) is 0 Å². The summed E-state index contributed by atoms with van der Waals surface area (Å²) in [7, 11) is 0. The minimum Gasteiger partial charge on any atom is -0.310 e. The third-order valence-corrected chi connectivity index (χ3v) is 12.3. The summed E-state index contributed by atoms with van der Waals surface area (Å²) in [5, 5.41) is 4.87. The lowest BCUT2D eigenvalue weighted by molar-refractivity contribution is 1.30. The fraction of sp³-hybridized carbons (Fsp3) is 0. The Hall–Kier alpha value is -8.26. The highest BCUT2D eigenvalue weighted by Crippen LogP contribution is 2.50. The molecule has 0 amide bonds. The van der Waals surface area contributed by atoms with E-state index in [4.69, 9.17) is 0 Å². The minimum atomic E-state index is 1.08. The van der Waals surface area contributed by atoms with Crippen LogP contribution in [0.5, 0.6) is 0 Å². The quantitative estimate of drug-likeness (QED) is 0.131. The lowest BCUT2D eigenvalue weighted by Crippen LogP contribution is -2.11. The Morgan fingerprint density at radius 1 is 0.206 bits per heavy atom. The molecule has 0 N–H and O–H groups in total. The standard InChI is InChI=1S/C62H43N/c1-6-20-44(21-7-1)45-36-40-51(41-37-45)63(52-42-38-47(39-43-52)54-33-18-32-53(46-22-8-2-9-23-46)59(54)48-24-10-3-11-25-48)58-35-19-34-57-61(50-28-14-5-15-29-50)60(49-26-12-4-13-27-49)55-30-16-17-31-56(55)62(57)58/h1-43H. The first-order valence-corrected chi connectivity index (χ1v) is 21.7. The minimum absolute atomic E-state index is 1.08. The van der Waals surface area contributed by atoms with Crippen LogP contribution in [-0.2, 0) is 0 Å². The van der Waals surface area contributed by atoms with E-state index >= 15 is 0 Å². The van der Waals surface area contributed by atoms with Gasteiger partial charge in [-0.25, -0.2) is 0 Å². The molecule has 0 aliphatic carbocycles. The van der Waals surface area contributed by atoms with Crippen LogP contribution in [0.25, 0.3) is 88.3 Å². The molecule has 11 rings (SSSR count). The molecule has 63 heavy (non-hydrogen) atoms. The van der Waals surface area contributed by atoms with Crippen LogP contribution >= 0.6 is 0 Å². The molecule has 0 bridgehead atoms. The van der Waals surface area contributed by atoms with Gasteiger partial charge in [0.2, 0.25) is 0 Å². The molecule has 0 heterocycles. The van der Waals surface area contributed by atoms with Crippen LogP contribution in [0.15, 0.2) is 261 Å². The Morgan fingerprint density at radius 2 is 0.556 bits per heavy atom. The van der Waals surface area contributed by atoms with Gasteiger partial charge in [-0.05, 0) is 113 Å². The maximum Gasteiger partial charge on any atom is 0.0546 e. The van der Waals surface area contributed by atoms with Gasteiger partial charge >= 0.3 is 0 Å². The number of fused-ring (bicyclic) bond motifs is 3. The van der Waals surface area contributed by atoms with Gasteiger partial charge in [0.15, 0.2) is 0 Å². The Labute approximate surface area is 369 Å². The van der Waals surface area contributed by atoms with Crippen molar-refractivity contribution in [3.63, 3.8) is 0 Å². The van der Waals surface area contributed by atoms with Crippen molar-refractivity contribution in [2.24, 2.45) is 0 Å². The molecule has 11 aromatic rings. The Bertz CT molecular complexity index is 3320. The monoisotopic (exact) mass is 801 g/mol. The highest BCUT2D eigenvalue weighted by Gasteiger charge is 2.23. The SMILES string of the molecule is c1ccc(-c2ccc(N(c3ccc(-c4cccc(-c5ccccc5)c4-c4ccccc4)cc3)c3cccc4c(-c5ccccc5)c(-c5ccccc5)c5ccccc5c34)cc2)cc1. The average molecular weight is 802 g/mol. The lowest BCUT2D eigenvalue weighted by Gasteiger charge is -2.29. The molecule has 0 aliphatic rings. The topological polar surface area (TPSA) is 3.24 Å². The predicted octanol–water partition coefficient (Wildman–Crippen LogP) is 17.5. The van der Waals surface area contributed by atoms with Crippen LogP contribution in [0, 0.1) is 0 Å².